The van der Waals surface area contributed by atoms with Gasteiger partial charge >= 0.3 is 11.9 Å². The Morgan fingerprint density at radius 3 is 2.00 bits per heavy atom. The normalized spacial score (nSPS) is 12.5. The number of hydrogen-bond acceptors (Lipinski definition) is 3. The fraction of sp³-hybridized carbons (Fsp3) is 0.619. The van der Waals surface area contributed by atoms with Crippen LogP contribution in [0, 0.1) is 0 Å². The van der Waals surface area contributed by atoms with Crippen molar-refractivity contribution in [3.63, 3.8) is 0 Å². The van der Waals surface area contributed by atoms with Gasteiger partial charge in [-0.1, -0.05) is 73.4 Å². The summed E-state index contributed by atoms with van der Waals surface area (Å²) >= 11 is 0. The van der Waals surface area contributed by atoms with Gasteiger partial charge in [0.1, 0.15) is 0 Å². The number of carbonyl (C=O) groups is 2. The first-order chi connectivity index (χ1) is 12.0. The number of aromatic carboxylic acids is 1. The Hall–Kier alpha value is -1.62. The summed E-state index contributed by atoms with van der Waals surface area (Å²) in [5, 5.41) is 9.31. The minimum atomic E-state index is -2.56. The van der Waals surface area contributed by atoms with Crippen molar-refractivity contribution >= 4 is 20.3 Å². The summed E-state index contributed by atoms with van der Waals surface area (Å²) in [7, 11) is -2.56. The van der Waals surface area contributed by atoms with Crippen molar-refractivity contribution in [1.29, 1.82) is 0 Å². The van der Waals surface area contributed by atoms with E-state index < -0.39 is 20.3 Å². The van der Waals surface area contributed by atoms with Crippen LogP contribution in [-0.4, -0.2) is 25.4 Å². The van der Waals surface area contributed by atoms with Gasteiger partial charge in [-0.15, -0.1) is 0 Å². The summed E-state index contributed by atoms with van der Waals surface area (Å²) in [6.07, 6.45) is 3.18. The Morgan fingerprint density at radius 1 is 1.08 bits per heavy atom. The van der Waals surface area contributed by atoms with Crippen molar-refractivity contribution < 1.29 is 19.1 Å². The maximum Gasteiger partial charge on any atom is 0.336 e. The SMILES string of the molecule is CCCCC(C)(C)[Si](OC(=O)c1ccccc1C(=O)O)(C(C)C)C(C)C. The molecular weight excluding hydrogens is 344 g/mol. The van der Waals surface area contributed by atoms with Gasteiger partial charge in [-0.25, -0.2) is 9.59 Å². The molecule has 0 saturated heterocycles. The van der Waals surface area contributed by atoms with Crippen molar-refractivity contribution in [3.05, 3.63) is 35.4 Å². The molecule has 26 heavy (non-hydrogen) atoms. The standard InChI is InChI=1S/C21H34O4Si/c1-8-9-14-21(6,7)26(15(2)3,16(4)5)25-20(24)18-13-11-10-12-17(18)19(22)23/h10-13,15-16H,8-9,14H2,1-7H3,(H,22,23). The van der Waals surface area contributed by atoms with Gasteiger partial charge < -0.3 is 9.53 Å². The minimum Gasteiger partial charge on any atom is -0.514 e. The molecule has 0 radical (unpaired) electrons. The highest BCUT2D eigenvalue weighted by Gasteiger charge is 2.56. The Bertz CT molecular complexity index is 627. The van der Waals surface area contributed by atoms with Crippen molar-refractivity contribution in [1.82, 2.24) is 0 Å². The van der Waals surface area contributed by atoms with Crippen LogP contribution in [0.2, 0.25) is 16.1 Å². The van der Waals surface area contributed by atoms with Gasteiger partial charge in [-0.3, -0.25) is 0 Å². The third kappa shape index (κ3) is 4.37. The highest BCUT2D eigenvalue weighted by Crippen LogP contribution is 2.54. The number of carbonyl (C=O) groups excluding carboxylic acids is 1. The number of carboxylic acid groups (broad SMARTS) is 1. The Balaban J connectivity index is 3.39. The van der Waals surface area contributed by atoms with Crippen LogP contribution in [0.25, 0.3) is 0 Å². The summed E-state index contributed by atoms with van der Waals surface area (Å²) in [5.41, 5.74) is 0.606. The molecule has 0 saturated carbocycles. The van der Waals surface area contributed by atoms with Gasteiger partial charge in [0.2, 0.25) is 0 Å². The van der Waals surface area contributed by atoms with Gasteiger partial charge in [0.15, 0.2) is 0 Å². The molecule has 0 amide bonds. The lowest BCUT2D eigenvalue weighted by Crippen LogP contribution is -2.55. The maximum atomic E-state index is 13.1. The molecule has 1 N–H and O–H groups in total. The molecule has 0 aromatic heterocycles. The van der Waals surface area contributed by atoms with E-state index in [0.717, 1.165) is 19.3 Å². The molecule has 1 aromatic rings. The highest BCUT2D eigenvalue weighted by molar-refractivity contribution is 6.80. The summed E-state index contributed by atoms with van der Waals surface area (Å²) in [4.78, 5) is 24.6. The topological polar surface area (TPSA) is 63.6 Å². The van der Waals surface area contributed by atoms with Crippen molar-refractivity contribution in [3.8, 4) is 0 Å². The monoisotopic (exact) mass is 378 g/mol. The van der Waals surface area contributed by atoms with E-state index in [9.17, 15) is 14.7 Å². The Labute approximate surface area is 159 Å². The van der Waals surface area contributed by atoms with Crippen LogP contribution in [0.1, 0.15) is 88.4 Å². The number of hydrogen-bond donors (Lipinski definition) is 1. The molecule has 0 heterocycles. The average molecular weight is 379 g/mol. The maximum absolute atomic E-state index is 13.1. The second-order valence-corrected chi connectivity index (χ2v) is 13.8. The van der Waals surface area contributed by atoms with E-state index in [1.807, 2.05) is 0 Å². The van der Waals surface area contributed by atoms with Crippen LogP contribution in [0.4, 0.5) is 0 Å². The lowest BCUT2D eigenvalue weighted by atomic mass is 10.1. The van der Waals surface area contributed by atoms with E-state index in [2.05, 4.69) is 48.5 Å². The van der Waals surface area contributed by atoms with Gasteiger partial charge in [0.25, 0.3) is 8.32 Å². The quantitative estimate of drug-likeness (QED) is 0.514. The number of benzene rings is 1. The van der Waals surface area contributed by atoms with Crippen molar-refractivity contribution in [2.45, 2.75) is 83.8 Å². The highest BCUT2D eigenvalue weighted by atomic mass is 28.4. The molecule has 146 valence electrons. The molecular formula is C21H34O4Si. The molecule has 0 fully saturated rings. The van der Waals surface area contributed by atoms with E-state index in [1.165, 1.54) is 6.07 Å². The van der Waals surface area contributed by atoms with Crippen LogP contribution in [0.15, 0.2) is 24.3 Å². The first-order valence-electron chi connectivity index (χ1n) is 9.56. The molecule has 5 heteroatoms. The zero-order valence-electron chi connectivity index (χ0n) is 17.3. The van der Waals surface area contributed by atoms with Gasteiger partial charge in [0, 0.05) is 0 Å². The molecule has 0 unspecified atom stereocenters. The van der Waals surface area contributed by atoms with E-state index in [-0.39, 0.29) is 27.2 Å². The predicted molar refractivity (Wildman–Crippen MR) is 108 cm³/mol. The third-order valence-electron chi connectivity index (χ3n) is 5.57. The lowest BCUT2D eigenvalue weighted by molar-refractivity contribution is 0.0651. The summed E-state index contributed by atoms with van der Waals surface area (Å²) in [6.45, 7) is 15.1. The summed E-state index contributed by atoms with van der Waals surface area (Å²) < 4.78 is 6.34. The van der Waals surface area contributed by atoms with Crippen molar-refractivity contribution in [2.75, 3.05) is 0 Å². The van der Waals surface area contributed by atoms with E-state index >= 15 is 0 Å². The molecule has 1 rings (SSSR count). The first-order valence-corrected chi connectivity index (χ1v) is 11.6. The van der Waals surface area contributed by atoms with Crippen molar-refractivity contribution in [2.24, 2.45) is 0 Å². The third-order valence-corrected chi connectivity index (χ3v) is 11.9. The summed E-state index contributed by atoms with van der Waals surface area (Å²) in [6, 6.07) is 6.31. The van der Waals surface area contributed by atoms with Gasteiger partial charge in [-0.05, 0) is 34.7 Å². The van der Waals surface area contributed by atoms with Crippen LogP contribution < -0.4 is 0 Å². The second kappa shape index (κ2) is 8.85. The summed E-state index contributed by atoms with van der Waals surface area (Å²) in [5.74, 6) is -1.61. The lowest BCUT2D eigenvalue weighted by Gasteiger charge is -2.49. The van der Waals surface area contributed by atoms with E-state index in [1.54, 1.807) is 18.2 Å². The smallest absolute Gasteiger partial charge is 0.336 e. The first kappa shape index (κ1) is 22.4. The van der Waals surface area contributed by atoms with Crippen LogP contribution in [-0.2, 0) is 4.43 Å². The van der Waals surface area contributed by atoms with Crippen LogP contribution in [0.5, 0.6) is 0 Å². The van der Waals surface area contributed by atoms with E-state index in [4.69, 9.17) is 4.43 Å². The molecule has 1 aromatic carbocycles. The number of unbranched alkanes of at least 4 members (excludes halogenated alkanes) is 1. The average Bonchev–Trinajstić information content (AvgIpc) is 2.56. The zero-order valence-corrected chi connectivity index (χ0v) is 18.3. The zero-order chi connectivity index (χ0) is 20.1. The van der Waals surface area contributed by atoms with E-state index in [0.29, 0.717) is 0 Å². The molecule has 0 spiro atoms. The predicted octanol–water partition coefficient (Wildman–Crippen LogP) is 6.28. The molecule has 0 atom stereocenters. The molecule has 0 aliphatic carbocycles. The fourth-order valence-corrected chi connectivity index (χ4v) is 10.7. The molecule has 0 aliphatic rings. The Kier molecular flexibility index (Phi) is 7.63. The minimum absolute atomic E-state index is 0.000670. The second-order valence-electron chi connectivity index (χ2n) is 8.33. The number of carboxylic acids is 1. The fourth-order valence-electron chi connectivity index (χ4n) is 4.47. The molecule has 4 nitrogen and oxygen atoms in total. The Morgan fingerprint density at radius 2 is 1.58 bits per heavy atom. The largest absolute Gasteiger partial charge is 0.514 e. The molecule has 0 bridgehead atoms. The van der Waals surface area contributed by atoms with Gasteiger partial charge in [-0.2, -0.15) is 0 Å². The van der Waals surface area contributed by atoms with Crippen LogP contribution >= 0.6 is 0 Å². The van der Waals surface area contributed by atoms with Gasteiger partial charge in [0.05, 0.1) is 11.1 Å². The number of rotatable bonds is 9. The molecule has 0 aliphatic heterocycles. The van der Waals surface area contributed by atoms with Crippen LogP contribution in [0.3, 0.4) is 0 Å².